The number of primary amides is 1. The van der Waals surface area contributed by atoms with E-state index in [-0.39, 0.29) is 11.9 Å². The van der Waals surface area contributed by atoms with Gasteiger partial charge in [0, 0.05) is 13.0 Å². The molecule has 0 spiro atoms. The molecule has 2 aromatic rings. The molecule has 0 fully saturated rings. The first-order valence-corrected chi connectivity index (χ1v) is 7.42. The van der Waals surface area contributed by atoms with Gasteiger partial charge in [-0.25, -0.2) is 0 Å². The highest BCUT2D eigenvalue weighted by atomic mass is 16.2. The minimum absolute atomic E-state index is 0.0683. The summed E-state index contributed by atoms with van der Waals surface area (Å²) >= 11 is 0. The van der Waals surface area contributed by atoms with Crippen LogP contribution in [0.2, 0.25) is 0 Å². The number of hydrogen-bond acceptors (Lipinski definition) is 2. The summed E-state index contributed by atoms with van der Waals surface area (Å²) in [5.74, 6) is -0.591. The Bertz CT molecular complexity index is 723. The molecule has 0 unspecified atom stereocenters. The molecule has 0 saturated heterocycles. The largest absolute Gasteiger partial charge is 0.366 e. The van der Waals surface area contributed by atoms with Crippen molar-refractivity contribution in [3.8, 4) is 0 Å². The van der Waals surface area contributed by atoms with Gasteiger partial charge in [0.2, 0.25) is 11.8 Å². The van der Waals surface area contributed by atoms with Crippen LogP contribution in [-0.2, 0) is 9.59 Å². The lowest BCUT2D eigenvalue weighted by Gasteiger charge is -2.30. The van der Waals surface area contributed by atoms with Gasteiger partial charge >= 0.3 is 0 Å². The van der Waals surface area contributed by atoms with E-state index in [0.717, 1.165) is 16.8 Å². The van der Waals surface area contributed by atoms with E-state index in [1.165, 1.54) is 13.0 Å². The van der Waals surface area contributed by atoms with Gasteiger partial charge in [-0.15, -0.1) is 0 Å². The van der Waals surface area contributed by atoms with Crippen molar-refractivity contribution in [2.24, 2.45) is 5.73 Å². The molecular formula is C19H20N2O2. The molecule has 1 atom stereocenters. The molecule has 2 aromatic carbocycles. The van der Waals surface area contributed by atoms with Crippen molar-refractivity contribution in [3.63, 3.8) is 0 Å². The second kappa shape index (κ2) is 7.40. The molecule has 0 bridgehead atoms. The predicted molar refractivity (Wildman–Crippen MR) is 92.7 cm³/mol. The number of anilines is 1. The third-order valence-corrected chi connectivity index (χ3v) is 3.63. The first-order valence-electron chi connectivity index (χ1n) is 7.42. The summed E-state index contributed by atoms with van der Waals surface area (Å²) in [6.07, 6.45) is 2.93. The summed E-state index contributed by atoms with van der Waals surface area (Å²) in [6.45, 7) is 3.51. The van der Waals surface area contributed by atoms with Crippen LogP contribution in [0.3, 0.4) is 0 Å². The molecule has 0 aliphatic rings. The fourth-order valence-electron chi connectivity index (χ4n) is 2.55. The standard InChI is InChI=1S/C19H20N2O2/c1-14(16-8-4-3-5-9-16)21(15(2)22)18-11-7-6-10-17(18)12-13-19(20)23/h3-14H,1-2H3,(H2,20,23)/b13-12+/t14-/m0/s1. The third-order valence-electron chi connectivity index (χ3n) is 3.63. The maximum absolute atomic E-state index is 12.3. The van der Waals surface area contributed by atoms with Gasteiger partial charge in [0.1, 0.15) is 0 Å². The Hall–Kier alpha value is -2.88. The quantitative estimate of drug-likeness (QED) is 0.861. The maximum Gasteiger partial charge on any atom is 0.241 e. The number of carbonyl (C=O) groups is 2. The monoisotopic (exact) mass is 308 g/mol. The minimum atomic E-state index is -0.523. The zero-order valence-corrected chi connectivity index (χ0v) is 13.3. The molecule has 4 heteroatoms. The molecular weight excluding hydrogens is 288 g/mol. The predicted octanol–water partition coefficient (Wildman–Crippen LogP) is 3.30. The minimum Gasteiger partial charge on any atom is -0.366 e. The summed E-state index contributed by atoms with van der Waals surface area (Å²) in [5, 5.41) is 0. The Labute approximate surface area is 136 Å². The fourth-order valence-corrected chi connectivity index (χ4v) is 2.55. The smallest absolute Gasteiger partial charge is 0.241 e. The number of para-hydroxylation sites is 1. The highest BCUT2D eigenvalue weighted by Crippen LogP contribution is 2.30. The van der Waals surface area contributed by atoms with Crippen molar-refractivity contribution >= 4 is 23.6 Å². The van der Waals surface area contributed by atoms with Crippen molar-refractivity contribution in [3.05, 3.63) is 71.8 Å². The summed E-state index contributed by atoms with van der Waals surface area (Å²) in [4.78, 5) is 25.0. The number of benzene rings is 2. The Morgan fingerprint density at radius 1 is 1.04 bits per heavy atom. The molecule has 2 amide bonds. The van der Waals surface area contributed by atoms with E-state index >= 15 is 0 Å². The van der Waals surface area contributed by atoms with Gasteiger partial charge in [-0.3, -0.25) is 9.59 Å². The average Bonchev–Trinajstić information content (AvgIpc) is 2.54. The highest BCUT2D eigenvalue weighted by molar-refractivity contribution is 5.96. The third kappa shape index (κ3) is 4.07. The normalized spacial score (nSPS) is 12.1. The second-order valence-corrected chi connectivity index (χ2v) is 5.27. The fraction of sp³-hybridized carbons (Fsp3) is 0.158. The molecule has 0 aliphatic carbocycles. The van der Waals surface area contributed by atoms with Crippen LogP contribution < -0.4 is 10.6 Å². The molecule has 4 nitrogen and oxygen atoms in total. The number of amides is 2. The van der Waals surface area contributed by atoms with Gasteiger partial charge in [-0.05, 0) is 30.2 Å². The van der Waals surface area contributed by atoms with Gasteiger partial charge in [0.25, 0.3) is 0 Å². The molecule has 118 valence electrons. The average molecular weight is 308 g/mol. The lowest BCUT2D eigenvalue weighted by atomic mass is 10.0. The van der Waals surface area contributed by atoms with E-state index in [9.17, 15) is 9.59 Å². The molecule has 0 aliphatic heterocycles. The Kier molecular flexibility index (Phi) is 5.31. The topological polar surface area (TPSA) is 63.4 Å². The molecule has 2 rings (SSSR count). The SMILES string of the molecule is CC(=O)N(c1ccccc1/C=C/C(N)=O)[C@@H](C)c1ccccc1. The number of rotatable bonds is 5. The Balaban J connectivity index is 2.47. The van der Waals surface area contributed by atoms with Crippen LogP contribution in [0, 0.1) is 0 Å². The Morgan fingerprint density at radius 3 is 2.26 bits per heavy atom. The van der Waals surface area contributed by atoms with E-state index in [2.05, 4.69) is 0 Å². The van der Waals surface area contributed by atoms with Gasteiger partial charge in [0.05, 0.1) is 11.7 Å². The number of carbonyl (C=O) groups excluding carboxylic acids is 2. The summed E-state index contributed by atoms with van der Waals surface area (Å²) < 4.78 is 0. The highest BCUT2D eigenvalue weighted by Gasteiger charge is 2.21. The van der Waals surface area contributed by atoms with Gasteiger partial charge in [0.15, 0.2) is 0 Å². The van der Waals surface area contributed by atoms with Crippen LogP contribution in [0.25, 0.3) is 6.08 Å². The molecule has 23 heavy (non-hydrogen) atoms. The Morgan fingerprint density at radius 2 is 1.65 bits per heavy atom. The first-order chi connectivity index (χ1) is 11.0. The molecule has 0 aromatic heterocycles. The lowest BCUT2D eigenvalue weighted by Crippen LogP contribution is -2.32. The van der Waals surface area contributed by atoms with Crippen LogP contribution in [0.4, 0.5) is 5.69 Å². The zero-order chi connectivity index (χ0) is 16.8. The summed E-state index contributed by atoms with van der Waals surface area (Å²) in [7, 11) is 0. The number of nitrogens with zero attached hydrogens (tertiary/aromatic N) is 1. The van der Waals surface area contributed by atoms with E-state index in [4.69, 9.17) is 5.73 Å². The van der Waals surface area contributed by atoms with Gasteiger partial charge in [-0.2, -0.15) is 0 Å². The van der Waals surface area contributed by atoms with Crippen LogP contribution in [0.15, 0.2) is 60.7 Å². The molecule has 0 radical (unpaired) electrons. The van der Waals surface area contributed by atoms with Crippen LogP contribution in [0.5, 0.6) is 0 Å². The second-order valence-electron chi connectivity index (χ2n) is 5.27. The van der Waals surface area contributed by atoms with E-state index in [1.54, 1.807) is 11.0 Å². The summed E-state index contributed by atoms with van der Waals surface area (Å²) in [6, 6.07) is 17.1. The first kappa shape index (κ1) is 16.5. The van der Waals surface area contributed by atoms with Gasteiger partial charge in [-0.1, -0.05) is 48.5 Å². The van der Waals surface area contributed by atoms with Crippen LogP contribution in [-0.4, -0.2) is 11.8 Å². The molecule has 0 saturated carbocycles. The van der Waals surface area contributed by atoms with Crippen molar-refractivity contribution in [2.45, 2.75) is 19.9 Å². The van der Waals surface area contributed by atoms with Crippen molar-refractivity contribution in [1.29, 1.82) is 0 Å². The van der Waals surface area contributed by atoms with Crippen molar-refractivity contribution in [1.82, 2.24) is 0 Å². The van der Waals surface area contributed by atoms with Crippen molar-refractivity contribution < 1.29 is 9.59 Å². The van der Waals surface area contributed by atoms with E-state index in [1.807, 2.05) is 61.5 Å². The van der Waals surface area contributed by atoms with E-state index in [0.29, 0.717) is 0 Å². The maximum atomic E-state index is 12.3. The van der Waals surface area contributed by atoms with Crippen LogP contribution in [0.1, 0.15) is 31.0 Å². The molecule has 0 heterocycles. The number of nitrogens with two attached hydrogens (primary N) is 1. The summed E-state index contributed by atoms with van der Waals surface area (Å²) in [5.41, 5.74) is 7.72. The lowest BCUT2D eigenvalue weighted by molar-refractivity contribution is -0.117. The van der Waals surface area contributed by atoms with Gasteiger partial charge < -0.3 is 10.6 Å². The van der Waals surface area contributed by atoms with Crippen LogP contribution >= 0.6 is 0 Å². The van der Waals surface area contributed by atoms with E-state index < -0.39 is 5.91 Å². The number of hydrogen-bond donors (Lipinski definition) is 1. The van der Waals surface area contributed by atoms with Crippen molar-refractivity contribution in [2.75, 3.05) is 4.90 Å². The zero-order valence-electron chi connectivity index (χ0n) is 13.3. The molecule has 2 N–H and O–H groups in total.